The van der Waals surface area contributed by atoms with Crippen LogP contribution >= 0.6 is 0 Å². The van der Waals surface area contributed by atoms with Gasteiger partial charge in [-0.3, -0.25) is 0 Å². The Morgan fingerprint density at radius 3 is 2.80 bits per heavy atom. The summed E-state index contributed by atoms with van der Waals surface area (Å²) in [6.07, 6.45) is 0.258. The van der Waals surface area contributed by atoms with Crippen molar-refractivity contribution < 1.29 is 24.4 Å². The summed E-state index contributed by atoms with van der Waals surface area (Å²) in [4.78, 5) is 0. The van der Waals surface area contributed by atoms with Gasteiger partial charge in [-0.25, -0.2) is 0 Å². The Hall–Kier alpha value is -2.82. The van der Waals surface area contributed by atoms with E-state index in [0.717, 1.165) is 16.7 Å². The molecule has 0 radical (unpaired) electrons. The predicted octanol–water partition coefficient (Wildman–Crippen LogP) is 3.59. The van der Waals surface area contributed by atoms with Gasteiger partial charge in [0.05, 0.1) is 18.1 Å². The second-order valence-electron chi connectivity index (χ2n) is 6.95. The highest BCUT2D eigenvalue weighted by molar-refractivity contribution is 5.63. The second-order valence-corrected chi connectivity index (χ2v) is 6.95. The molecule has 0 saturated carbocycles. The molecule has 3 atom stereocenters. The zero-order valence-corrected chi connectivity index (χ0v) is 13.8. The molecule has 0 spiro atoms. The molecule has 2 aromatic rings. The largest absolute Gasteiger partial charge is 0.508 e. The maximum atomic E-state index is 10.6. The molecule has 5 heteroatoms. The third-order valence-electron chi connectivity index (χ3n) is 5.28. The van der Waals surface area contributed by atoms with Gasteiger partial charge in [0.1, 0.15) is 41.0 Å². The van der Waals surface area contributed by atoms with Crippen LogP contribution in [-0.4, -0.2) is 22.9 Å². The number of hydrogen-bond donors (Lipinski definition) is 2. The molecular weight excluding hydrogens is 320 g/mol. The van der Waals surface area contributed by atoms with E-state index < -0.39 is 0 Å². The van der Waals surface area contributed by atoms with Gasteiger partial charge < -0.3 is 24.4 Å². The Labute approximate surface area is 145 Å². The SMILES string of the molecule is C=C(C)[C@@H]1Cc2c(cc(O)c3c2OC[C@H]2c4ccc(O)cc4O[C@@H]32)O1. The normalized spacial score (nSPS) is 24.9. The summed E-state index contributed by atoms with van der Waals surface area (Å²) < 4.78 is 18.0. The molecule has 2 aromatic carbocycles. The zero-order chi connectivity index (χ0) is 17.3. The predicted molar refractivity (Wildman–Crippen MR) is 90.8 cm³/mol. The van der Waals surface area contributed by atoms with Crippen molar-refractivity contribution in [1.29, 1.82) is 0 Å². The topological polar surface area (TPSA) is 68.2 Å². The zero-order valence-electron chi connectivity index (χ0n) is 13.8. The van der Waals surface area contributed by atoms with Crippen molar-refractivity contribution in [2.75, 3.05) is 6.61 Å². The van der Waals surface area contributed by atoms with Crippen molar-refractivity contribution in [3.63, 3.8) is 0 Å². The van der Waals surface area contributed by atoms with Crippen molar-refractivity contribution in [2.45, 2.75) is 31.5 Å². The number of aromatic hydroxyl groups is 2. The summed E-state index contributed by atoms with van der Waals surface area (Å²) in [6, 6.07) is 6.76. The van der Waals surface area contributed by atoms with E-state index in [0.29, 0.717) is 35.8 Å². The summed E-state index contributed by atoms with van der Waals surface area (Å²) in [5.74, 6) is 2.22. The van der Waals surface area contributed by atoms with Crippen LogP contribution in [0.2, 0.25) is 0 Å². The van der Waals surface area contributed by atoms with Crippen LogP contribution in [0.5, 0.6) is 28.7 Å². The lowest BCUT2D eigenvalue weighted by molar-refractivity contribution is 0.135. The molecule has 0 saturated heterocycles. The molecule has 2 N–H and O–H groups in total. The monoisotopic (exact) mass is 338 g/mol. The Balaban J connectivity index is 1.61. The van der Waals surface area contributed by atoms with E-state index in [-0.39, 0.29) is 29.6 Å². The fourth-order valence-corrected chi connectivity index (χ4v) is 4.00. The highest BCUT2D eigenvalue weighted by Crippen LogP contribution is 2.57. The van der Waals surface area contributed by atoms with Crippen LogP contribution in [0.25, 0.3) is 0 Å². The first-order valence-electron chi connectivity index (χ1n) is 8.36. The molecular formula is C20H18O5. The second kappa shape index (κ2) is 4.85. The molecule has 3 aliphatic heterocycles. The molecule has 0 aromatic heterocycles. The van der Waals surface area contributed by atoms with Gasteiger partial charge >= 0.3 is 0 Å². The van der Waals surface area contributed by atoms with E-state index in [1.54, 1.807) is 18.2 Å². The first kappa shape index (κ1) is 14.5. The third kappa shape index (κ3) is 1.95. The van der Waals surface area contributed by atoms with Gasteiger partial charge in [-0.1, -0.05) is 12.6 Å². The first-order valence-corrected chi connectivity index (χ1v) is 8.36. The van der Waals surface area contributed by atoms with Crippen LogP contribution in [-0.2, 0) is 6.42 Å². The van der Waals surface area contributed by atoms with Gasteiger partial charge in [0.25, 0.3) is 0 Å². The van der Waals surface area contributed by atoms with Crippen molar-refractivity contribution in [3.05, 3.63) is 53.1 Å². The molecule has 0 amide bonds. The summed E-state index contributed by atoms with van der Waals surface area (Å²) in [6.45, 7) is 6.36. The molecule has 5 nitrogen and oxygen atoms in total. The average Bonchev–Trinajstić information content (AvgIpc) is 3.14. The maximum absolute atomic E-state index is 10.6. The molecule has 0 unspecified atom stereocenters. The summed E-state index contributed by atoms with van der Waals surface area (Å²) in [5, 5.41) is 20.3. The van der Waals surface area contributed by atoms with Crippen molar-refractivity contribution in [1.82, 2.24) is 0 Å². The minimum Gasteiger partial charge on any atom is -0.508 e. The van der Waals surface area contributed by atoms with Crippen LogP contribution < -0.4 is 14.2 Å². The van der Waals surface area contributed by atoms with Crippen LogP contribution in [0.3, 0.4) is 0 Å². The molecule has 0 aliphatic carbocycles. The Kier molecular flexibility index (Phi) is 2.82. The van der Waals surface area contributed by atoms with Crippen molar-refractivity contribution in [3.8, 4) is 28.7 Å². The Morgan fingerprint density at radius 2 is 2.00 bits per heavy atom. The number of rotatable bonds is 1. The van der Waals surface area contributed by atoms with Crippen molar-refractivity contribution in [2.24, 2.45) is 0 Å². The van der Waals surface area contributed by atoms with E-state index in [1.165, 1.54) is 0 Å². The molecule has 5 rings (SSSR count). The fraction of sp³-hybridized carbons (Fsp3) is 0.300. The lowest BCUT2D eigenvalue weighted by Gasteiger charge is -2.29. The van der Waals surface area contributed by atoms with Crippen LogP contribution in [0.4, 0.5) is 0 Å². The lowest BCUT2D eigenvalue weighted by Crippen LogP contribution is -2.24. The van der Waals surface area contributed by atoms with Gasteiger partial charge in [0.2, 0.25) is 0 Å². The van der Waals surface area contributed by atoms with E-state index >= 15 is 0 Å². The Morgan fingerprint density at radius 1 is 1.16 bits per heavy atom. The number of ether oxygens (including phenoxy) is 3. The summed E-state index contributed by atoms with van der Waals surface area (Å²) in [5.41, 5.74) is 3.56. The third-order valence-corrected chi connectivity index (χ3v) is 5.28. The van der Waals surface area contributed by atoms with Crippen LogP contribution in [0, 0.1) is 0 Å². The lowest BCUT2D eigenvalue weighted by atomic mass is 9.87. The first-order chi connectivity index (χ1) is 12.0. The minimum atomic E-state index is -0.324. The minimum absolute atomic E-state index is 0.00805. The van der Waals surface area contributed by atoms with Gasteiger partial charge in [0, 0.05) is 29.7 Å². The van der Waals surface area contributed by atoms with Crippen LogP contribution in [0.1, 0.15) is 35.6 Å². The maximum Gasteiger partial charge on any atom is 0.141 e. The standard InChI is InChI=1S/C20H18O5/c1-9(2)15-6-12-17(24-15)7-14(22)18-19(12)23-8-13-11-4-3-10(21)5-16(11)25-20(13)18/h3-5,7,13,15,20-22H,1,6,8H2,2H3/t13-,15-,20+/m0/s1. The van der Waals surface area contributed by atoms with E-state index in [1.807, 2.05) is 13.0 Å². The Bertz CT molecular complexity index is 917. The average molecular weight is 338 g/mol. The number of phenolic OH excluding ortho intramolecular Hbond substituents is 2. The molecule has 3 aliphatic rings. The highest BCUT2D eigenvalue weighted by Gasteiger charge is 2.45. The van der Waals surface area contributed by atoms with Gasteiger partial charge in [0.15, 0.2) is 0 Å². The van der Waals surface area contributed by atoms with Crippen molar-refractivity contribution >= 4 is 0 Å². The van der Waals surface area contributed by atoms with E-state index in [9.17, 15) is 10.2 Å². The highest BCUT2D eigenvalue weighted by atomic mass is 16.5. The van der Waals surface area contributed by atoms with Gasteiger partial charge in [-0.15, -0.1) is 0 Å². The summed E-state index contributed by atoms with van der Waals surface area (Å²) in [7, 11) is 0. The number of phenols is 2. The van der Waals surface area contributed by atoms with Crippen LogP contribution in [0.15, 0.2) is 36.4 Å². The summed E-state index contributed by atoms with van der Waals surface area (Å²) >= 11 is 0. The van der Waals surface area contributed by atoms with Gasteiger partial charge in [-0.2, -0.15) is 0 Å². The number of benzene rings is 2. The molecule has 3 heterocycles. The number of hydrogen-bond acceptors (Lipinski definition) is 5. The molecule has 0 bridgehead atoms. The molecule has 25 heavy (non-hydrogen) atoms. The van der Waals surface area contributed by atoms with E-state index in [2.05, 4.69) is 6.58 Å². The van der Waals surface area contributed by atoms with E-state index in [4.69, 9.17) is 14.2 Å². The number of fused-ring (bicyclic) bond motifs is 7. The molecule has 0 fully saturated rings. The van der Waals surface area contributed by atoms with Gasteiger partial charge in [-0.05, 0) is 18.6 Å². The molecule has 128 valence electrons. The fourth-order valence-electron chi connectivity index (χ4n) is 4.00. The smallest absolute Gasteiger partial charge is 0.141 e. The quantitative estimate of drug-likeness (QED) is 0.778.